The quantitative estimate of drug-likeness (QED) is 0.469. The summed E-state index contributed by atoms with van der Waals surface area (Å²) in [5.74, 6) is -0.904. The van der Waals surface area contributed by atoms with Crippen LogP contribution in [0.3, 0.4) is 0 Å². The number of carbonyl (C=O) groups excluding carboxylic acids is 2. The second-order valence-electron chi connectivity index (χ2n) is 3.97. The van der Waals surface area contributed by atoms with Crippen LogP contribution in [-0.4, -0.2) is 24.6 Å². The molecule has 0 rings (SSSR count). The Morgan fingerprint density at radius 2 is 1.78 bits per heavy atom. The molecule has 0 saturated carbocycles. The first kappa shape index (κ1) is 16.4. The van der Waals surface area contributed by atoms with Crippen LogP contribution in [0.25, 0.3) is 0 Å². The molecule has 18 heavy (non-hydrogen) atoms. The maximum absolute atomic E-state index is 11.2. The zero-order valence-electron chi connectivity index (χ0n) is 11.2. The molecule has 0 aromatic rings. The highest BCUT2D eigenvalue weighted by Gasteiger charge is 2.23. The molecule has 0 bridgehead atoms. The van der Waals surface area contributed by atoms with Crippen LogP contribution >= 0.6 is 0 Å². The number of hydrogen-bond acceptors (Lipinski definition) is 4. The van der Waals surface area contributed by atoms with Crippen LogP contribution in [0.2, 0.25) is 0 Å². The Morgan fingerprint density at radius 3 is 2.22 bits per heavy atom. The first-order valence-corrected chi connectivity index (χ1v) is 6.21. The third kappa shape index (κ3) is 6.23. The molecule has 2 atom stereocenters. The van der Waals surface area contributed by atoms with Gasteiger partial charge in [-0.2, -0.15) is 0 Å². The summed E-state index contributed by atoms with van der Waals surface area (Å²) in [6, 6.07) is 0. The molecule has 0 fully saturated rings. The molecule has 0 aromatic heterocycles. The van der Waals surface area contributed by atoms with Gasteiger partial charge in [0.25, 0.3) is 0 Å². The molecule has 0 amide bonds. The second kappa shape index (κ2) is 9.45. The van der Waals surface area contributed by atoms with Crippen molar-refractivity contribution in [3.63, 3.8) is 0 Å². The summed E-state index contributed by atoms with van der Waals surface area (Å²) in [5, 5.41) is 0. The molecule has 4 heteroatoms. The van der Waals surface area contributed by atoms with E-state index in [1.165, 1.54) is 0 Å². The molecule has 2 unspecified atom stereocenters. The van der Waals surface area contributed by atoms with E-state index in [2.05, 4.69) is 13.2 Å². The number of ether oxygens (including phenoxy) is 2. The smallest absolute Gasteiger partial charge is 0.330 e. The Morgan fingerprint density at radius 1 is 1.17 bits per heavy atom. The van der Waals surface area contributed by atoms with E-state index < -0.39 is 11.9 Å². The lowest BCUT2D eigenvalue weighted by Crippen LogP contribution is -2.30. The van der Waals surface area contributed by atoms with Gasteiger partial charge >= 0.3 is 11.9 Å². The Balaban J connectivity index is 4.49. The van der Waals surface area contributed by atoms with E-state index in [1.807, 2.05) is 13.8 Å². The SMILES string of the molecule is C=CC(=O)OCC(CC)C(CCC)OC(=O)C=C. The summed E-state index contributed by atoms with van der Waals surface area (Å²) in [6.07, 6.45) is 4.41. The normalized spacial score (nSPS) is 13.2. The third-order valence-electron chi connectivity index (χ3n) is 2.66. The van der Waals surface area contributed by atoms with Gasteiger partial charge in [-0.15, -0.1) is 0 Å². The monoisotopic (exact) mass is 254 g/mol. The molecule has 4 nitrogen and oxygen atoms in total. The highest BCUT2D eigenvalue weighted by atomic mass is 16.6. The fourth-order valence-electron chi connectivity index (χ4n) is 1.61. The fraction of sp³-hybridized carbons (Fsp3) is 0.571. The van der Waals surface area contributed by atoms with E-state index in [0.29, 0.717) is 0 Å². The summed E-state index contributed by atoms with van der Waals surface area (Å²) >= 11 is 0. The van der Waals surface area contributed by atoms with Gasteiger partial charge in [0.05, 0.1) is 6.61 Å². The van der Waals surface area contributed by atoms with Crippen molar-refractivity contribution in [1.82, 2.24) is 0 Å². The maximum Gasteiger partial charge on any atom is 0.330 e. The molecule has 0 N–H and O–H groups in total. The zero-order chi connectivity index (χ0) is 14.0. The maximum atomic E-state index is 11.2. The molecule has 0 aliphatic carbocycles. The topological polar surface area (TPSA) is 52.6 Å². The number of esters is 2. The van der Waals surface area contributed by atoms with Gasteiger partial charge in [-0.05, 0) is 12.8 Å². The van der Waals surface area contributed by atoms with Crippen molar-refractivity contribution in [2.24, 2.45) is 5.92 Å². The van der Waals surface area contributed by atoms with E-state index in [9.17, 15) is 9.59 Å². The van der Waals surface area contributed by atoms with Crippen molar-refractivity contribution >= 4 is 11.9 Å². The fourth-order valence-corrected chi connectivity index (χ4v) is 1.61. The number of hydrogen-bond donors (Lipinski definition) is 0. The molecule has 0 aliphatic rings. The summed E-state index contributed by atoms with van der Waals surface area (Å²) in [6.45, 7) is 10.9. The lowest BCUT2D eigenvalue weighted by molar-refractivity contribution is -0.150. The van der Waals surface area contributed by atoms with E-state index in [1.54, 1.807) is 0 Å². The van der Waals surface area contributed by atoms with Crippen LogP contribution in [0.1, 0.15) is 33.1 Å². The predicted octanol–water partition coefficient (Wildman–Crippen LogP) is 2.64. The average Bonchev–Trinajstić information content (AvgIpc) is 2.38. The lowest BCUT2D eigenvalue weighted by Gasteiger charge is -2.25. The van der Waals surface area contributed by atoms with Gasteiger partial charge in [0.15, 0.2) is 0 Å². The molecule has 0 spiro atoms. The van der Waals surface area contributed by atoms with Crippen molar-refractivity contribution in [2.75, 3.05) is 6.61 Å². The molecule has 0 aromatic carbocycles. The Kier molecular flexibility index (Phi) is 8.62. The number of rotatable bonds is 9. The third-order valence-corrected chi connectivity index (χ3v) is 2.66. The van der Waals surface area contributed by atoms with Crippen molar-refractivity contribution in [3.8, 4) is 0 Å². The Labute approximate surface area is 109 Å². The van der Waals surface area contributed by atoms with E-state index in [4.69, 9.17) is 9.47 Å². The van der Waals surface area contributed by atoms with Gasteiger partial charge in [0.1, 0.15) is 6.10 Å². The van der Waals surface area contributed by atoms with Gasteiger partial charge in [0.2, 0.25) is 0 Å². The van der Waals surface area contributed by atoms with Gasteiger partial charge in [-0.3, -0.25) is 0 Å². The minimum absolute atomic E-state index is 0.00208. The summed E-state index contributed by atoms with van der Waals surface area (Å²) in [7, 11) is 0. The first-order valence-electron chi connectivity index (χ1n) is 6.21. The minimum atomic E-state index is -0.459. The average molecular weight is 254 g/mol. The van der Waals surface area contributed by atoms with E-state index in [0.717, 1.165) is 31.4 Å². The summed E-state index contributed by atoms with van der Waals surface area (Å²) in [4.78, 5) is 22.3. The van der Waals surface area contributed by atoms with Crippen molar-refractivity contribution in [1.29, 1.82) is 0 Å². The van der Waals surface area contributed by atoms with Crippen LogP contribution in [0.4, 0.5) is 0 Å². The summed E-state index contributed by atoms with van der Waals surface area (Å²) in [5.41, 5.74) is 0. The summed E-state index contributed by atoms with van der Waals surface area (Å²) < 4.78 is 10.3. The molecular formula is C14H22O4. The Bertz CT molecular complexity index is 296. The van der Waals surface area contributed by atoms with Gasteiger partial charge in [-0.1, -0.05) is 33.4 Å². The second-order valence-corrected chi connectivity index (χ2v) is 3.97. The van der Waals surface area contributed by atoms with Crippen LogP contribution in [0, 0.1) is 5.92 Å². The minimum Gasteiger partial charge on any atom is -0.462 e. The molecular weight excluding hydrogens is 232 g/mol. The standard InChI is InChI=1S/C14H22O4/c1-5-9-12(18-14(16)8-4)11(6-2)10-17-13(15)7-3/h7-8,11-12H,3-6,9-10H2,1-2H3. The van der Waals surface area contributed by atoms with Crippen LogP contribution in [0.5, 0.6) is 0 Å². The lowest BCUT2D eigenvalue weighted by atomic mass is 9.96. The largest absolute Gasteiger partial charge is 0.462 e. The van der Waals surface area contributed by atoms with Crippen LogP contribution in [0.15, 0.2) is 25.3 Å². The van der Waals surface area contributed by atoms with Gasteiger partial charge in [-0.25, -0.2) is 9.59 Å². The number of carbonyl (C=O) groups is 2. The molecule has 0 aliphatic heterocycles. The highest BCUT2D eigenvalue weighted by molar-refractivity contribution is 5.81. The zero-order valence-corrected chi connectivity index (χ0v) is 11.2. The predicted molar refractivity (Wildman–Crippen MR) is 69.9 cm³/mol. The molecule has 0 heterocycles. The molecule has 0 saturated heterocycles. The van der Waals surface area contributed by atoms with Gasteiger partial charge < -0.3 is 9.47 Å². The first-order chi connectivity index (χ1) is 8.58. The molecule has 102 valence electrons. The van der Waals surface area contributed by atoms with Crippen molar-refractivity contribution in [2.45, 2.75) is 39.2 Å². The van der Waals surface area contributed by atoms with Crippen LogP contribution < -0.4 is 0 Å². The highest BCUT2D eigenvalue weighted by Crippen LogP contribution is 2.18. The molecule has 0 radical (unpaired) electrons. The van der Waals surface area contributed by atoms with Crippen LogP contribution in [-0.2, 0) is 19.1 Å². The van der Waals surface area contributed by atoms with Crippen molar-refractivity contribution < 1.29 is 19.1 Å². The van der Waals surface area contributed by atoms with E-state index in [-0.39, 0.29) is 18.6 Å². The van der Waals surface area contributed by atoms with E-state index >= 15 is 0 Å². The van der Waals surface area contributed by atoms with Gasteiger partial charge in [0, 0.05) is 18.1 Å². The van der Waals surface area contributed by atoms with Crippen molar-refractivity contribution in [3.05, 3.63) is 25.3 Å². The Hall–Kier alpha value is -1.58.